The number of carbonyl (C=O) groups excluding carboxylic acids is 1. The SMILES string of the molecule is CCCC1(Cl)C(CCl)COC1OC(=O)C(C)(C)C. The summed E-state index contributed by atoms with van der Waals surface area (Å²) in [5.74, 6) is 0.120. The highest BCUT2D eigenvalue weighted by atomic mass is 35.5. The molecule has 1 saturated heterocycles. The Morgan fingerprint density at radius 1 is 1.50 bits per heavy atom. The lowest BCUT2D eigenvalue weighted by atomic mass is 9.90. The first-order chi connectivity index (χ1) is 8.25. The van der Waals surface area contributed by atoms with E-state index < -0.39 is 16.6 Å². The predicted octanol–water partition coefficient (Wildman–Crippen LogP) is 3.56. The lowest BCUT2D eigenvalue weighted by Gasteiger charge is -2.32. The molecule has 0 bridgehead atoms. The summed E-state index contributed by atoms with van der Waals surface area (Å²) in [5.41, 5.74) is -0.563. The van der Waals surface area contributed by atoms with E-state index in [-0.39, 0.29) is 11.9 Å². The van der Waals surface area contributed by atoms with Crippen molar-refractivity contribution in [3.63, 3.8) is 0 Å². The molecule has 0 saturated carbocycles. The van der Waals surface area contributed by atoms with Gasteiger partial charge < -0.3 is 9.47 Å². The Morgan fingerprint density at radius 2 is 2.11 bits per heavy atom. The van der Waals surface area contributed by atoms with Gasteiger partial charge in [-0.1, -0.05) is 13.3 Å². The van der Waals surface area contributed by atoms with Gasteiger partial charge in [0.2, 0.25) is 6.29 Å². The van der Waals surface area contributed by atoms with Gasteiger partial charge in [-0.05, 0) is 27.2 Å². The Bertz CT molecular complexity index is 301. The first-order valence-electron chi connectivity index (χ1n) is 6.33. The van der Waals surface area contributed by atoms with E-state index in [1.165, 1.54) is 0 Å². The summed E-state index contributed by atoms with van der Waals surface area (Å²) >= 11 is 12.5. The van der Waals surface area contributed by atoms with E-state index in [0.29, 0.717) is 18.9 Å². The topological polar surface area (TPSA) is 35.5 Å². The molecule has 0 aromatic carbocycles. The zero-order valence-electron chi connectivity index (χ0n) is 11.5. The van der Waals surface area contributed by atoms with Crippen LogP contribution < -0.4 is 0 Å². The van der Waals surface area contributed by atoms with Crippen LogP contribution in [0, 0.1) is 11.3 Å². The predicted molar refractivity (Wildman–Crippen MR) is 73.0 cm³/mol. The van der Waals surface area contributed by atoms with Crippen LogP contribution in [0.4, 0.5) is 0 Å². The standard InChI is InChI=1S/C13H22Cl2O3/c1-5-6-13(15)9(7-14)8-17-11(13)18-10(16)12(2,3)4/h9,11H,5-8H2,1-4H3. The highest BCUT2D eigenvalue weighted by Gasteiger charge is 2.52. The average Bonchev–Trinajstić information content (AvgIpc) is 2.55. The van der Waals surface area contributed by atoms with Gasteiger partial charge in [0, 0.05) is 11.8 Å². The maximum absolute atomic E-state index is 11.9. The first-order valence-corrected chi connectivity index (χ1v) is 7.24. The zero-order valence-corrected chi connectivity index (χ0v) is 13.0. The molecular formula is C13H22Cl2O3. The van der Waals surface area contributed by atoms with Gasteiger partial charge in [0.05, 0.1) is 12.0 Å². The van der Waals surface area contributed by atoms with E-state index in [2.05, 4.69) is 0 Å². The summed E-state index contributed by atoms with van der Waals surface area (Å²) in [5, 5.41) is 0. The number of halogens is 2. The summed E-state index contributed by atoms with van der Waals surface area (Å²) in [6.45, 7) is 7.89. The summed E-state index contributed by atoms with van der Waals surface area (Å²) in [6.07, 6.45) is 0.910. The summed E-state index contributed by atoms with van der Waals surface area (Å²) in [4.78, 5) is 11.2. The maximum Gasteiger partial charge on any atom is 0.313 e. The largest absolute Gasteiger partial charge is 0.433 e. The van der Waals surface area contributed by atoms with E-state index in [1.807, 2.05) is 6.92 Å². The fourth-order valence-electron chi connectivity index (χ4n) is 1.96. The molecule has 3 unspecified atom stereocenters. The Labute approximate surface area is 119 Å². The second kappa shape index (κ2) is 5.98. The third-order valence-electron chi connectivity index (χ3n) is 3.17. The Hall–Kier alpha value is 0.01000. The smallest absolute Gasteiger partial charge is 0.313 e. The maximum atomic E-state index is 11.9. The van der Waals surface area contributed by atoms with Crippen LogP contribution in [0.3, 0.4) is 0 Å². The van der Waals surface area contributed by atoms with Crippen LogP contribution in [-0.2, 0) is 14.3 Å². The van der Waals surface area contributed by atoms with E-state index >= 15 is 0 Å². The van der Waals surface area contributed by atoms with Crippen LogP contribution in [0.5, 0.6) is 0 Å². The van der Waals surface area contributed by atoms with Crippen molar-refractivity contribution in [3.8, 4) is 0 Å². The lowest BCUT2D eigenvalue weighted by Crippen LogP contribution is -2.43. The lowest BCUT2D eigenvalue weighted by molar-refractivity contribution is -0.183. The minimum Gasteiger partial charge on any atom is -0.433 e. The second-order valence-corrected chi connectivity index (χ2v) is 6.86. The molecular weight excluding hydrogens is 275 g/mol. The highest BCUT2D eigenvalue weighted by Crippen LogP contribution is 2.43. The number of ether oxygens (including phenoxy) is 2. The molecule has 1 rings (SSSR count). The number of carbonyl (C=O) groups is 1. The number of esters is 1. The molecule has 0 N–H and O–H groups in total. The van der Waals surface area contributed by atoms with E-state index in [4.69, 9.17) is 32.7 Å². The van der Waals surface area contributed by atoms with Gasteiger partial charge in [-0.3, -0.25) is 4.79 Å². The molecule has 1 fully saturated rings. The molecule has 1 aliphatic heterocycles. The Kier molecular flexibility index (Phi) is 5.33. The number of hydrogen-bond donors (Lipinski definition) is 0. The van der Waals surface area contributed by atoms with Crippen LogP contribution in [-0.4, -0.2) is 29.6 Å². The van der Waals surface area contributed by atoms with Crippen molar-refractivity contribution in [1.29, 1.82) is 0 Å². The molecule has 3 nitrogen and oxygen atoms in total. The highest BCUT2D eigenvalue weighted by molar-refractivity contribution is 6.26. The fraction of sp³-hybridized carbons (Fsp3) is 0.923. The van der Waals surface area contributed by atoms with Gasteiger partial charge in [0.25, 0.3) is 0 Å². The molecule has 1 heterocycles. The van der Waals surface area contributed by atoms with Crippen molar-refractivity contribution in [3.05, 3.63) is 0 Å². The minimum absolute atomic E-state index is 0.0125. The summed E-state index contributed by atoms with van der Waals surface area (Å²) < 4.78 is 11.0. The zero-order chi connectivity index (χ0) is 14.0. The molecule has 0 radical (unpaired) electrons. The van der Waals surface area contributed by atoms with Gasteiger partial charge >= 0.3 is 5.97 Å². The number of alkyl halides is 2. The second-order valence-electron chi connectivity index (χ2n) is 5.85. The molecule has 0 aromatic rings. The molecule has 106 valence electrons. The molecule has 5 heteroatoms. The molecule has 0 aliphatic carbocycles. The monoisotopic (exact) mass is 296 g/mol. The normalized spacial score (nSPS) is 32.6. The van der Waals surface area contributed by atoms with Crippen molar-refractivity contribution in [1.82, 2.24) is 0 Å². The van der Waals surface area contributed by atoms with Crippen LogP contribution in [0.1, 0.15) is 40.5 Å². The summed E-state index contributed by atoms with van der Waals surface area (Å²) in [7, 11) is 0. The molecule has 0 amide bonds. The van der Waals surface area contributed by atoms with Crippen LogP contribution in [0.25, 0.3) is 0 Å². The molecule has 0 aromatic heterocycles. The number of rotatable bonds is 4. The van der Waals surface area contributed by atoms with Gasteiger partial charge in [0.15, 0.2) is 0 Å². The van der Waals surface area contributed by atoms with Crippen molar-refractivity contribution < 1.29 is 14.3 Å². The van der Waals surface area contributed by atoms with Crippen molar-refractivity contribution >= 4 is 29.2 Å². The minimum atomic E-state index is -0.699. The average molecular weight is 297 g/mol. The van der Waals surface area contributed by atoms with Gasteiger partial charge in [-0.25, -0.2) is 0 Å². The molecule has 0 spiro atoms. The van der Waals surface area contributed by atoms with E-state index in [1.54, 1.807) is 20.8 Å². The summed E-state index contributed by atoms with van der Waals surface area (Å²) in [6, 6.07) is 0. The van der Waals surface area contributed by atoms with Gasteiger partial charge in [0.1, 0.15) is 4.87 Å². The van der Waals surface area contributed by atoms with Gasteiger partial charge in [-0.2, -0.15) is 0 Å². The third-order valence-corrected chi connectivity index (χ3v) is 4.21. The van der Waals surface area contributed by atoms with E-state index in [9.17, 15) is 4.79 Å². The fourth-order valence-corrected chi connectivity index (χ4v) is 2.84. The van der Waals surface area contributed by atoms with E-state index in [0.717, 1.165) is 6.42 Å². The third kappa shape index (κ3) is 3.31. The Morgan fingerprint density at radius 3 is 2.56 bits per heavy atom. The van der Waals surface area contributed by atoms with Crippen molar-refractivity contribution in [2.45, 2.75) is 51.7 Å². The molecule has 3 atom stereocenters. The molecule has 1 aliphatic rings. The first kappa shape index (κ1) is 16.1. The van der Waals surface area contributed by atoms with Crippen molar-refractivity contribution in [2.24, 2.45) is 11.3 Å². The number of hydrogen-bond acceptors (Lipinski definition) is 3. The van der Waals surface area contributed by atoms with Crippen LogP contribution in [0.15, 0.2) is 0 Å². The molecule has 18 heavy (non-hydrogen) atoms. The van der Waals surface area contributed by atoms with Crippen LogP contribution in [0.2, 0.25) is 0 Å². The van der Waals surface area contributed by atoms with Crippen LogP contribution >= 0.6 is 23.2 Å². The van der Waals surface area contributed by atoms with Crippen molar-refractivity contribution in [2.75, 3.05) is 12.5 Å². The van der Waals surface area contributed by atoms with Gasteiger partial charge in [-0.15, -0.1) is 23.2 Å². The Balaban J connectivity index is 2.79. The quantitative estimate of drug-likeness (QED) is 0.588.